The number of amides is 1. The van der Waals surface area contributed by atoms with Gasteiger partial charge in [0.2, 0.25) is 5.91 Å². The summed E-state index contributed by atoms with van der Waals surface area (Å²) in [6.07, 6.45) is 8.90. The number of hydrogen-bond acceptors (Lipinski definition) is 2. The average Bonchev–Trinajstić information content (AvgIpc) is 2.66. The number of carbonyl (C=O) groups is 2. The summed E-state index contributed by atoms with van der Waals surface area (Å²) in [4.78, 5) is 23.4. The van der Waals surface area contributed by atoms with Crippen molar-refractivity contribution in [3.05, 3.63) is 24.0 Å². The van der Waals surface area contributed by atoms with Crippen LogP contribution in [0.4, 0.5) is 0 Å². The molecule has 1 saturated carbocycles. The van der Waals surface area contributed by atoms with E-state index in [9.17, 15) is 9.59 Å². The van der Waals surface area contributed by atoms with E-state index in [0.717, 1.165) is 12.8 Å². The fourth-order valence-corrected chi connectivity index (χ4v) is 2.72. The third-order valence-corrected chi connectivity index (χ3v) is 3.72. The van der Waals surface area contributed by atoms with Crippen molar-refractivity contribution in [2.75, 3.05) is 0 Å². The summed E-state index contributed by atoms with van der Waals surface area (Å²) < 4.78 is 1.72. The molecule has 1 heterocycles. The first-order valence-electron chi connectivity index (χ1n) is 7.12. The molecule has 0 bridgehead atoms. The van der Waals surface area contributed by atoms with Crippen LogP contribution in [-0.4, -0.2) is 22.3 Å². The second kappa shape index (κ2) is 6.55. The third-order valence-electron chi connectivity index (χ3n) is 3.72. The highest BCUT2D eigenvalue weighted by Gasteiger charge is 2.15. The Labute approximate surface area is 114 Å². The molecule has 0 aliphatic heterocycles. The zero-order valence-corrected chi connectivity index (χ0v) is 11.5. The van der Waals surface area contributed by atoms with Crippen LogP contribution in [0.5, 0.6) is 0 Å². The molecule has 2 rings (SSSR count). The summed E-state index contributed by atoms with van der Waals surface area (Å²) in [5.74, 6) is -0.00198. The summed E-state index contributed by atoms with van der Waals surface area (Å²) >= 11 is 0. The molecule has 0 aromatic carbocycles. The Morgan fingerprint density at radius 2 is 1.95 bits per heavy atom. The van der Waals surface area contributed by atoms with Crippen molar-refractivity contribution in [3.63, 3.8) is 0 Å². The summed E-state index contributed by atoms with van der Waals surface area (Å²) in [5, 5.41) is 3.09. The van der Waals surface area contributed by atoms with Crippen LogP contribution in [0.3, 0.4) is 0 Å². The van der Waals surface area contributed by atoms with Gasteiger partial charge in [0.25, 0.3) is 0 Å². The zero-order chi connectivity index (χ0) is 13.7. The first-order valence-corrected chi connectivity index (χ1v) is 7.12. The summed E-state index contributed by atoms with van der Waals surface area (Å²) in [7, 11) is 0. The molecule has 1 fully saturated rings. The molecular formula is C15H22N2O2. The van der Waals surface area contributed by atoms with E-state index in [1.165, 1.54) is 32.6 Å². The van der Waals surface area contributed by atoms with E-state index in [1.807, 2.05) is 0 Å². The minimum atomic E-state index is -0.00716. The van der Waals surface area contributed by atoms with E-state index >= 15 is 0 Å². The van der Waals surface area contributed by atoms with Gasteiger partial charge in [0, 0.05) is 19.2 Å². The number of aromatic nitrogens is 1. The summed E-state index contributed by atoms with van der Waals surface area (Å²) in [6, 6.07) is 3.86. The normalized spacial score (nSPS) is 16.9. The molecule has 1 aliphatic rings. The number of ketones is 1. The van der Waals surface area contributed by atoms with Crippen LogP contribution in [0.15, 0.2) is 18.3 Å². The molecule has 0 spiro atoms. The lowest BCUT2D eigenvalue weighted by atomic mass is 10.1. The van der Waals surface area contributed by atoms with Crippen LogP contribution in [0.2, 0.25) is 0 Å². The van der Waals surface area contributed by atoms with Crippen molar-refractivity contribution >= 4 is 11.7 Å². The van der Waals surface area contributed by atoms with Gasteiger partial charge in [-0.05, 0) is 25.0 Å². The van der Waals surface area contributed by atoms with E-state index in [4.69, 9.17) is 0 Å². The highest BCUT2D eigenvalue weighted by molar-refractivity contribution is 5.93. The van der Waals surface area contributed by atoms with Crippen molar-refractivity contribution in [1.82, 2.24) is 9.88 Å². The van der Waals surface area contributed by atoms with E-state index in [0.29, 0.717) is 11.7 Å². The molecule has 0 radical (unpaired) electrons. The topological polar surface area (TPSA) is 51.1 Å². The lowest BCUT2D eigenvalue weighted by molar-refractivity contribution is -0.122. The minimum Gasteiger partial charge on any atom is -0.352 e. The molecule has 0 unspecified atom stereocenters. The maximum atomic E-state index is 12.0. The molecule has 1 aromatic rings. The third kappa shape index (κ3) is 3.94. The molecule has 1 aliphatic carbocycles. The number of nitrogens with zero attached hydrogens (tertiary/aromatic N) is 1. The van der Waals surface area contributed by atoms with Gasteiger partial charge >= 0.3 is 0 Å². The Hall–Kier alpha value is -1.58. The molecule has 19 heavy (non-hydrogen) atoms. The maximum absolute atomic E-state index is 12.0. The summed E-state index contributed by atoms with van der Waals surface area (Å²) in [6.45, 7) is 1.76. The fourth-order valence-electron chi connectivity index (χ4n) is 2.72. The van der Waals surface area contributed by atoms with E-state index < -0.39 is 0 Å². The Kier molecular flexibility index (Phi) is 4.77. The number of Topliss-reactive ketones (excluding diaryl/α,β-unsaturated/α-hetero) is 1. The second-order valence-electron chi connectivity index (χ2n) is 5.33. The predicted octanol–water partition coefficient (Wildman–Crippen LogP) is 2.53. The number of carbonyl (C=O) groups excluding carboxylic acids is 2. The first-order chi connectivity index (χ1) is 9.16. The number of nitrogens with one attached hydrogen (secondary N) is 1. The lowest BCUT2D eigenvalue weighted by Gasteiger charge is -2.17. The lowest BCUT2D eigenvalue weighted by Crippen LogP contribution is -2.36. The Morgan fingerprint density at radius 1 is 1.26 bits per heavy atom. The van der Waals surface area contributed by atoms with Crippen molar-refractivity contribution in [2.24, 2.45) is 0 Å². The molecule has 0 saturated heterocycles. The average molecular weight is 262 g/mol. The minimum absolute atomic E-state index is 0.00519. The Bertz CT molecular complexity index is 443. The standard InChI is InChI=1S/C15H22N2O2/c1-12(18)14-9-6-10-17(14)11-15(19)16-13-7-4-2-3-5-8-13/h6,9-10,13H,2-5,7-8,11H2,1H3,(H,16,19). The smallest absolute Gasteiger partial charge is 0.240 e. The molecule has 0 atom stereocenters. The van der Waals surface area contributed by atoms with Crippen molar-refractivity contribution in [3.8, 4) is 0 Å². The number of hydrogen-bond donors (Lipinski definition) is 1. The van der Waals surface area contributed by atoms with Crippen molar-refractivity contribution < 1.29 is 9.59 Å². The SMILES string of the molecule is CC(=O)c1cccn1CC(=O)NC1CCCCCC1. The van der Waals surface area contributed by atoms with Gasteiger partial charge < -0.3 is 9.88 Å². The van der Waals surface area contributed by atoms with Gasteiger partial charge in [-0.2, -0.15) is 0 Å². The molecule has 104 valence electrons. The van der Waals surface area contributed by atoms with E-state index in [1.54, 1.807) is 22.9 Å². The fraction of sp³-hybridized carbons (Fsp3) is 0.600. The molecule has 4 heteroatoms. The first kappa shape index (κ1) is 13.8. The van der Waals surface area contributed by atoms with Crippen LogP contribution in [0, 0.1) is 0 Å². The highest BCUT2D eigenvalue weighted by Crippen LogP contribution is 2.17. The van der Waals surface area contributed by atoms with Gasteiger partial charge in [0.15, 0.2) is 5.78 Å². The highest BCUT2D eigenvalue weighted by atomic mass is 16.2. The van der Waals surface area contributed by atoms with Gasteiger partial charge in [0.1, 0.15) is 6.54 Å². The van der Waals surface area contributed by atoms with Gasteiger partial charge in [-0.1, -0.05) is 25.7 Å². The monoisotopic (exact) mass is 262 g/mol. The molecule has 1 amide bonds. The molecule has 1 aromatic heterocycles. The Morgan fingerprint density at radius 3 is 2.58 bits per heavy atom. The van der Waals surface area contributed by atoms with E-state index in [-0.39, 0.29) is 18.2 Å². The van der Waals surface area contributed by atoms with E-state index in [2.05, 4.69) is 5.32 Å². The predicted molar refractivity (Wildman–Crippen MR) is 74.1 cm³/mol. The molecule has 1 N–H and O–H groups in total. The maximum Gasteiger partial charge on any atom is 0.240 e. The molecular weight excluding hydrogens is 240 g/mol. The second-order valence-corrected chi connectivity index (χ2v) is 5.33. The van der Waals surface area contributed by atoms with Crippen molar-refractivity contribution in [1.29, 1.82) is 0 Å². The van der Waals surface area contributed by atoms with Gasteiger partial charge in [-0.3, -0.25) is 9.59 Å². The number of rotatable bonds is 4. The van der Waals surface area contributed by atoms with Crippen LogP contribution >= 0.6 is 0 Å². The molecule has 4 nitrogen and oxygen atoms in total. The van der Waals surface area contributed by atoms with Gasteiger partial charge in [0.05, 0.1) is 5.69 Å². The van der Waals surface area contributed by atoms with Gasteiger partial charge in [-0.25, -0.2) is 0 Å². The van der Waals surface area contributed by atoms with Crippen LogP contribution in [0.1, 0.15) is 55.9 Å². The van der Waals surface area contributed by atoms with Crippen molar-refractivity contribution in [2.45, 2.75) is 58.0 Å². The van der Waals surface area contributed by atoms with Gasteiger partial charge in [-0.15, -0.1) is 0 Å². The summed E-state index contributed by atoms with van der Waals surface area (Å²) in [5.41, 5.74) is 0.594. The van der Waals surface area contributed by atoms with Crippen LogP contribution in [0.25, 0.3) is 0 Å². The Balaban J connectivity index is 1.89. The quantitative estimate of drug-likeness (QED) is 0.669. The van der Waals surface area contributed by atoms with Crippen LogP contribution in [-0.2, 0) is 11.3 Å². The van der Waals surface area contributed by atoms with Crippen LogP contribution < -0.4 is 5.32 Å². The largest absolute Gasteiger partial charge is 0.352 e. The zero-order valence-electron chi connectivity index (χ0n) is 11.5.